The molecule has 0 bridgehead atoms. The van der Waals surface area contributed by atoms with Gasteiger partial charge in [-0.25, -0.2) is 4.79 Å². The van der Waals surface area contributed by atoms with Crippen LogP contribution in [-0.2, 0) is 6.42 Å². The van der Waals surface area contributed by atoms with Crippen LogP contribution in [0.5, 0.6) is 0 Å². The summed E-state index contributed by atoms with van der Waals surface area (Å²) in [6.45, 7) is 0. The molecule has 1 aromatic rings. The highest BCUT2D eigenvalue weighted by Crippen LogP contribution is 2.32. The maximum Gasteiger partial charge on any atom is 0.328 e. The van der Waals surface area contributed by atoms with Crippen LogP contribution in [-0.4, -0.2) is 9.55 Å². The van der Waals surface area contributed by atoms with Crippen LogP contribution in [0.1, 0.15) is 61.1 Å². The molecule has 0 spiro atoms. The van der Waals surface area contributed by atoms with Crippen molar-refractivity contribution in [3.05, 3.63) is 32.1 Å². The molecule has 3 rings (SSSR count). The van der Waals surface area contributed by atoms with Crippen LogP contribution in [0.25, 0.3) is 0 Å². The highest BCUT2D eigenvalue weighted by molar-refractivity contribution is 7.80. The highest BCUT2D eigenvalue weighted by Gasteiger charge is 2.27. The van der Waals surface area contributed by atoms with Gasteiger partial charge in [-0.3, -0.25) is 9.36 Å². The lowest BCUT2D eigenvalue weighted by Crippen LogP contribution is -2.40. The zero-order valence-corrected chi connectivity index (χ0v) is 11.2. The standard InChI is InChI=1S/C13H18N2O2S/c16-12-9-6-7-10(18)11(9)14-13(17)15(12)8-4-2-1-3-5-8/h8,10,18H,1-7H2,(H,14,17). The van der Waals surface area contributed by atoms with Gasteiger partial charge in [0, 0.05) is 22.5 Å². The molecule has 1 N–H and O–H groups in total. The van der Waals surface area contributed by atoms with Gasteiger partial charge in [-0.1, -0.05) is 19.3 Å². The lowest BCUT2D eigenvalue weighted by atomic mass is 9.95. The van der Waals surface area contributed by atoms with Gasteiger partial charge in [-0.15, -0.1) is 0 Å². The number of nitrogens with one attached hydrogen (secondary N) is 1. The second kappa shape index (κ2) is 4.61. The van der Waals surface area contributed by atoms with E-state index >= 15 is 0 Å². The van der Waals surface area contributed by atoms with Crippen molar-refractivity contribution >= 4 is 12.6 Å². The minimum Gasteiger partial charge on any atom is -0.310 e. The largest absolute Gasteiger partial charge is 0.328 e. The van der Waals surface area contributed by atoms with E-state index in [1.165, 1.54) is 11.0 Å². The Balaban J connectivity index is 2.11. The van der Waals surface area contributed by atoms with E-state index in [4.69, 9.17) is 0 Å². The number of hydrogen-bond donors (Lipinski definition) is 2. The van der Waals surface area contributed by atoms with Crippen molar-refractivity contribution in [3.63, 3.8) is 0 Å². The Hall–Kier alpha value is -0.970. The number of aromatic amines is 1. The van der Waals surface area contributed by atoms with Crippen molar-refractivity contribution in [1.82, 2.24) is 9.55 Å². The molecule has 18 heavy (non-hydrogen) atoms. The van der Waals surface area contributed by atoms with Crippen LogP contribution in [0, 0.1) is 0 Å². The first-order chi connectivity index (χ1) is 8.68. The number of rotatable bonds is 1. The topological polar surface area (TPSA) is 54.9 Å². The first-order valence-electron chi connectivity index (χ1n) is 6.74. The van der Waals surface area contributed by atoms with E-state index in [1.807, 2.05) is 0 Å². The molecular weight excluding hydrogens is 248 g/mol. The second-order valence-corrected chi connectivity index (χ2v) is 5.97. The summed E-state index contributed by atoms with van der Waals surface area (Å²) < 4.78 is 1.46. The van der Waals surface area contributed by atoms with Crippen LogP contribution in [0.4, 0.5) is 0 Å². The first-order valence-corrected chi connectivity index (χ1v) is 7.26. The van der Waals surface area contributed by atoms with Gasteiger partial charge < -0.3 is 4.98 Å². The minimum absolute atomic E-state index is 0.0152. The summed E-state index contributed by atoms with van der Waals surface area (Å²) in [4.78, 5) is 27.4. The molecule has 4 nitrogen and oxygen atoms in total. The molecular formula is C13H18N2O2S. The highest BCUT2D eigenvalue weighted by atomic mass is 32.1. The van der Waals surface area contributed by atoms with E-state index in [9.17, 15) is 9.59 Å². The number of fused-ring (bicyclic) bond motifs is 1. The van der Waals surface area contributed by atoms with E-state index in [2.05, 4.69) is 17.6 Å². The van der Waals surface area contributed by atoms with Crippen LogP contribution in [0.3, 0.4) is 0 Å². The van der Waals surface area contributed by atoms with Crippen molar-refractivity contribution in [2.75, 3.05) is 0 Å². The molecule has 2 aliphatic rings. The molecule has 0 radical (unpaired) electrons. The maximum absolute atomic E-state index is 12.4. The Kier molecular flexibility index (Phi) is 3.09. The van der Waals surface area contributed by atoms with E-state index in [0.717, 1.165) is 49.8 Å². The Bertz CT molecular complexity index is 569. The third-order valence-electron chi connectivity index (χ3n) is 4.20. The van der Waals surface area contributed by atoms with Gasteiger partial charge in [0.25, 0.3) is 5.56 Å². The molecule has 5 heteroatoms. The average Bonchev–Trinajstić information content (AvgIpc) is 2.73. The molecule has 2 aliphatic carbocycles. The summed E-state index contributed by atoms with van der Waals surface area (Å²) >= 11 is 4.41. The summed E-state index contributed by atoms with van der Waals surface area (Å²) in [7, 11) is 0. The Morgan fingerprint density at radius 1 is 1.11 bits per heavy atom. The van der Waals surface area contributed by atoms with Crippen LogP contribution >= 0.6 is 12.6 Å². The SMILES string of the molecule is O=c1[nH]c2c(c(=O)n1C1CCCCC1)CCC2S. The first kappa shape index (κ1) is 12.1. The molecule has 0 aliphatic heterocycles. The van der Waals surface area contributed by atoms with Crippen molar-refractivity contribution in [3.8, 4) is 0 Å². The van der Waals surface area contributed by atoms with Gasteiger partial charge in [-0.05, 0) is 25.7 Å². The predicted octanol–water partition coefficient (Wildman–Crippen LogP) is 1.96. The molecule has 0 amide bonds. The lowest BCUT2D eigenvalue weighted by Gasteiger charge is -2.23. The van der Waals surface area contributed by atoms with Gasteiger partial charge in [-0.2, -0.15) is 12.6 Å². The summed E-state index contributed by atoms with van der Waals surface area (Å²) in [5.74, 6) is 0. The van der Waals surface area contributed by atoms with Crippen molar-refractivity contribution in [2.45, 2.75) is 56.2 Å². The zero-order chi connectivity index (χ0) is 12.7. The Morgan fingerprint density at radius 2 is 1.83 bits per heavy atom. The normalized spacial score (nSPS) is 24.2. The van der Waals surface area contributed by atoms with Gasteiger partial charge in [0.05, 0.1) is 0 Å². The molecule has 1 unspecified atom stereocenters. The molecule has 98 valence electrons. The van der Waals surface area contributed by atoms with Crippen molar-refractivity contribution in [1.29, 1.82) is 0 Å². The summed E-state index contributed by atoms with van der Waals surface area (Å²) in [6, 6.07) is 0.0965. The molecule has 1 heterocycles. The quantitative estimate of drug-likeness (QED) is 0.763. The van der Waals surface area contributed by atoms with E-state index in [1.54, 1.807) is 0 Å². The number of aromatic nitrogens is 2. The number of nitrogens with zero attached hydrogens (tertiary/aromatic N) is 1. The number of H-pyrrole nitrogens is 1. The maximum atomic E-state index is 12.4. The summed E-state index contributed by atoms with van der Waals surface area (Å²) in [5, 5.41) is 0.0152. The molecule has 1 fully saturated rings. The van der Waals surface area contributed by atoms with Crippen molar-refractivity contribution < 1.29 is 0 Å². The van der Waals surface area contributed by atoms with Gasteiger partial charge in [0.1, 0.15) is 0 Å². The van der Waals surface area contributed by atoms with Crippen LogP contribution < -0.4 is 11.2 Å². The third kappa shape index (κ3) is 1.85. The molecule has 1 atom stereocenters. The number of thiol groups is 1. The van der Waals surface area contributed by atoms with E-state index in [0.29, 0.717) is 0 Å². The zero-order valence-electron chi connectivity index (χ0n) is 10.3. The monoisotopic (exact) mass is 266 g/mol. The number of hydrogen-bond acceptors (Lipinski definition) is 3. The molecule has 1 saturated carbocycles. The van der Waals surface area contributed by atoms with Gasteiger partial charge in [0.2, 0.25) is 0 Å². The van der Waals surface area contributed by atoms with E-state index in [-0.39, 0.29) is 22.5 Å². The molecule has 0 saturated heterocycles. The van der Waals surface area contributed by atoms with Crippen molar-refractivity contribution in [2.24, 2.45) is 0 Å². The van der Waals surface area contributed by atoms with E-state index < -0.39 is 0 Å². The van der Waals surface area contributed by atoms with Crippen LogP contribution in [0.15, 0.2) is 9.59 Å². The van der Waals surface area contributed by atoms with Gasteiger partial charge in [0.15, 0.2) is 0 Å². The fourth-order valence-corrected chi connectivity index (χ4v) is 3.58. The molecule has 1 aromatic heterocycles. The smallest absolute Gasteiger partial charge is 0.310 e. The Labute approximate surface area is 111 Å². The predicted molar refractivity (Wildman–Crippen MR) is 73.5 cm³/mol. The fourth-order valence-electron chi connectivity index (χ4n) is 3.23. The fraction of sp³-hybridized carbons (Fsp3) is 0.692. The minimum atomic E-state index is -0.244. The lowest BCUT2D eigenvalue weighted by molar-refractivity contribution is 0.335. The second-order valence-electron chi connectivity index (χ2n) is 5.34. The average molecular weight is 266 g/mol. The van der Waals surface area contributed by atoms with Gasteiger partial charge >= 0.3 is 5.69 Å². The van der Waals surface area contributed by atoms with Crippen LogP contribution in [0.2, 0.25) is 0 Å². The third-order valence-corrected chi connectivity index (χ3v) is 4.72. The summed E-state index contributed by atoms with van der Waals surface area (Å²) in [5.41, 5.74) is 1.21. The summed E-state index contributed by atoms with van der Waals surface area (Å²) in [6.07, 6.45) is 6.93. The molecule has 0 aromatic carbocycles. The Morgan fingerprint density at radius 3 is 2.56 bits per heavy atom.